The maximum absolute atomic E-state index is 13.0. The van der Waals surface area contributed by atoms with Gasteiger partial charge in [-0.2, -0.15) is 9.36 Å². The van der Waals surface area contributed by atoms with Gasteiger partial charge in [-0.05, 0) is 11.6 Å². The summed E-state index contributed by atoms with van der Waals surface area (Å²) >= 11 is 2.08. The van der Waals surface area contributed by atoms with Crippen LogP contribution in [0.5, 0.6) is 0 Å². The summed E-state index contributed by atoms with van der Waals surface area (Å²) in [7, 11) is 2.04. The number of hydrogen-bond acceptors (Lipinski definition) is 11. The first-order valence-corrected chi connectivity index (χ1v) is 13.5. The van der Waals surface area contributed by atoms with Crippen molar-refractivity contribution in [3.8, 4) is 0 Å². The van der Waals surface area contributed by atoms with Crippen LogP contribution >= 0.6 is 23.3 Å². The molecule has 0 bridgehead atoms. The summed E-state index contributed by atoms with van der Waals surface area (Å²) < 4.78 is 17.0. The number of quaternary nitrogens is 1. The molecule has 0 spiro atoms. The van der Waals surface area contributed by atoms with E-state index in [0.717, 1.165) is 16.4 Å². The van der Waals surface area contributed by atoms with Gasteiger partial charge in [-0.25, -0.2) is 14.0 Å². The Bertz CT molecular complexity index is 1260. The molecule has 39 heavy (non-hydrogen) atoms. The van der Waals surface area contributed by atoms with Crippen molar-refractivity contribution in [2.45, 2.75) is 11.4 Å². The van der Waals surface area contributed by atoms with Crippen molar-refractivity contribution in [1.29, 1.82) is 0 Å². The van der Waals surface area contributed by atoms with E-state index in [4.69, 9.17) is 11.5 Å². The standard InChI is InChI=1S/C21H26FN9O6S2/c1-31(7-4-29(5-8-31)21(24)36)6-2-3-11-9-38-18-13(17(33)30(18)14(11)19(34)35)25-16(32)12(27-37-10-22)15-26-20(23)39-28-15/h2-3,13,18H,4-10H2,1H3,(H5-,23,24,25,26,28,32,34,35,36)/p+1/b3-2+,27-12-/t13-,18-/m1/s1. The number of carbonyl (C=O) groups excluding carboxylic acids is 3. The first kappa shape index (κ1) is 28.2. The van der Waals surface area contributed by atoms with E-state index in [2.05, 4.69) is 24.7 Å². The third kappa shape index (κ3) is 5.96. The van der Waals surface area contributed by atoms with E-state index in [1.165, 1.54) is 11.8 Å². The van der Waals surface area contributed by atoms with Gasteiger partial charge in [0.25, 0.3) is 18.7 Å². The fourth-order valence-corrected chi connectivity index (χ4v) is 6.14. The van der Waals surface area contributed by atoms with E-state index in [1.54, 1.807) is 11.0 Å². The Morgan fingerprint density at radius 1 is 1.36 bits per heavy atom. The molecule has 4 rings (SSSR count). The topological polar surface area (TPSA) is 206 Å². The molecule has 4 amide bonds. The Labute approximate surface area is 230 Å². The number of thioether (sulfide) groups is 1. The van der Waals surface area contributed by atoms with E-state index in [1.807, 2.05) is 13.1 Å². The molecule has 2 saturated heterocycles. The maximum Gasteiger partial charge on any atom is 0.352 e. The lowest BCUT2D eigenvalue weighted by Crippen LogP contribution is -2.71. The highest BCUT2D eigenvalue weighted by Crippen LogP contribution is 2.40. The number of fused-ring (bicyclic) bond motifs is 1. The normalized spacial score (nSPS) is 22.9. The number of amides is 4. The van der Waals surface area contributed by atoms with Gasteiger partial charge in [0.2, 0.25) is 11.5 Å². The molecule has 1 aromatic heterocycles. The molecule has 15 nitrogen and oxygen atoms in total. The fourth-order valence-electron chi connectivity index (χ4n) is 4.39. The van der Waals surface area contributed by atoms with Crippen molar-refractivity contribution in [3.63, 3.8) is 0 Å². The zero-order valence-electron chi connectivity index (χ0n) is 20.8. The molecule has 0 aliphatic carbocycles. The van der Waals surface area contributed by atoms with Crippen LogP contribution in [0.2, 0.25) is 0 Å². The van der Waals surface area contributed by atoms with Crippen LogP contribution in [0.3, 0.4) is 0 Å². The second-order valence-corrected chi connectivity index (χ2v) is 11.0. The second-order valence-electron chi connectivity index (χ2n) is 9.15. The summed E-state index contributed by atoms with van der Waals surface area (Å²) in [5.74, 6) is -2.71. The van der Waals surface area contributed by atoms with Crippen LogP contribution in [0, 0.1) is 0 Å². The molecule has 3 aliphatic rings. The SMILES string of the molecule is C[N+]1(C/C=C/C2=C(C(=O)O)N3C(=O)[C@@H](NC(=O)/C(=N\OCF)c4nsc(N)n4)[C@H]3SC2)CCN(C(N)=O)CC1. The first-order chi connectivity index (χ1) is 18.5. The summed E-state index contributed by atoms with van der Waals surface area (Å²) in [6.45, 7) is 1.76. The predicted molar refractivity (Wildman–Crippen MR) is 139 cm³/mol. The number of nitrogens with one attached hydrogen (secondary N) is 1. The summed E-state index contributed by atoms with van der Waals surface area (Å²) in [4.78, 5) is 60.2. The molecule has 6 N–H and O–H groups in total. The molecule has 0 aromatic carbocycles. The Morgan fingerprint density at radius 2 is 2.08 bits per heavy atom. The minimum absolute atomic E-state index is 0.0419. The number of primary amides is 1. The zero-order chi connectivity index (χ0) is 28.3. The molecule has 0 unspecified atom stereocenters. The van der Waals surface area contributed by atoms with Crippen LogP contribution in [0.15, 0.2) is 28.6 Å². The lowest BCUT2D eigenvalue weighted by atomic mass is 10.0. The van der Waals surface area contributed by atoms with Gasteiger partial charge in [0.05, 0.1) is 39.8 Å². The smallest absolute Gasteiger partial charge is 0.352 e. The molecule has 1 aromatic rings. The van der Waals surface area contributed by atoms with Gasteiger partial charge >= 0.3 is 12.0 Å². The summed E-state index contributed by atoms with van der Waals surface area (Å²) in [5, 5.41) is 15.1. The Hall–Kier alpha value is -3.77. The molecular weight excluding hydrogens is 557 g/mol. The first-order valence-electron chi connectivity index (χ1n) is 11.7. The van der Waals surface area contributed by atoms with E-state index in [9.17, 15) is 28.7 Å². The molecule has 2 fully saturated rings. The predicted octanol–water partition coefficient (Wildman–Crippen LogP) is -1.10. The second kappa shape index (κ2) is 11.5. The number of urea groups is 1. The Morgan fingerprint density at radius 3 is 2.67 bits per heavy atom. The van der Waals surface area contributed by atoms with E-state index in [-0.39, 0.29) is 22.4 Å². The zero-order valence-corrected chi connectivity index (χ0v) is 22.4. The van der Waals surface area contributed by atoms with E-state index >= 15 is 0 Å². The number of aliphatic carboxylic acids is 1. The minimum atomic E-state index is -1.31. The van der Waals surface area contributed by atoms with Crippen LogP contribution in [0.1, 0.15) is 5.82 Å². The highest BCUT2D eigenvalue weighted by Gasteiger charge is 2.54. The lowest BCUT2D eigenvalue weighted by Gasteiger charge is -2.49. The Kier molecular flexibility index (Phi) is 8.36. The number of nitrogen functional groups attached to an aromatic ring is 1. The van der Waals surface area contributed by atoms with Crippen molar-refractivity contribution in [2.75, 3.05) is 58.1 Å². The number of β-lactam (4-membered cyclic amide) rings is 1. The van der Waals surface area contributed by atoms with Crippen LogP contribution < -0.4 is 16.8 Å². The largest absolute Gasteiger partial charge is 0.477 e. The molecule has 4 heterocycles. The highest BCUT2D eigenvalue weighted by atomic mass is 32.2. The van der Waals surface area contributed by atoms with Gasteiger partial charge in [0.1, 0.15) is 17.1 Å². The maximum atomic E-state index is 13.0. The molecule has 210 valence electrons. The summed E-state index contributed by atoms with van der Waals surface area (Å²) in [6.07, 6.45) is 3.57. The van der Waals surface area contributed by atoms with Crippen molar-refractivity contribution >= 4 is 58.0 Å². The highest BCUT2D eigenvalue weighted by molar-refractivity contribution is 8.00. The van der Waals surface area contributed by atoms with E-state index in [0.29, 0.717) is 42.8 Å². The summed E-state index contributed by atoms with van der Waals surface area (Å²) in [6, 6.07) is -1.50. The van der Waals surface area contributed by atoms with Crippen molar-refractivity contribution in [2.24, 2.45) is 10.9 Å². The number of nitrogens with two attached hydrogens (primary N) is 2. The molecule has 0 saturated carbocycles. The fraction of sp³-hybridized carbons (Fsp3) is 0.476. The Balaban J connectivity index is 1.44. The number of alkyl halides is 1. The van der Waals surface area contributed by atoms with Gasteiger partial charge < -0.3 is 36.1 Å². The number of rotatable bonds is 9. The number of hydrogen-bond donors (Lipinski definition) is 4. The number of oxime groups is 1. The number of halogens is 1. The minimum Gasteiger partial charge on any atom is -0.477 e. The van der Waals surface area contributed by atoms with Crippen LogP contribution in [-0.2, 0) is 19.2 Å². The number of allylic oxidation sites excluding steroid dienone is 1. The average Bonchev–Trinajstić information content (AvgIpc) is 3.32. The summed E-state index contributed by atoms with van der Waals surface area (Å²) in [5.41, 5.74) is 10.7. The van der Waals surface area contributed by atoms with Gasteiger partial charge in [-0.1, -0.05) is 11.2 Å². The van der Waals surface area contributed by atoms with Crippen LogP contribution in [0.4, 0.5) is 14.3 Å². The monoisotopic (exact) mass is 584 g/mol. The number of carboxylic acid groups (broad SMARTS) is 1. The van der Waals surface area contributed by atoms with Crippen LogP contribution in [-0.4, -0.2) is 122 Å². The van der Waals surface area contributed by atoms with Gasteiger partial charge in [0.15, 0.2) is 5.13 Å². The number of carbonyl (C=O) groups is 4. The van der Waals surface area contributed by atoms with Gasteiger partial charge in [-0.15, -0.1) is 11.8 Å². The number of likely N-dealkylation sites (N-methyl/N-ethyl adjacent to an activating group) is 1. The number of carboxylic acids is 1. The van der Waals surface area contributed by atoms with Crippen LogP contribution in [0.25, 0.3) is 0 Å². The van der Waals surface area contributed by atoms with Gasteiger partial charge in [0, 0.05) is 17.3 Å². The quantitative estimate of drug-likeness (QED) is 0.119. The number of aromatic nitrogens is 2. The molecule has 3 aliphatic heterocycles. The third-order valence-electron chi connectivity index (χ3n) is 6.56. The number of nitrogens with zero attached hydrogens (tertiary/aromatic N) is 6. The van der Waals surface area contributed by atoms with Crippen molar-refractivity contribution < 1.29 is 38.0 Å². The lowest BCUT2D eigenvalue weighted by molar-refractivity contribution is -0.907. The molecular formula is C21H27FN9O6S2+. The number of anilines is 1. The van der Waals surface area contributed by atoms with Crippen molar-refractivity contribution in [1.82, 2.24) is 24.5 Å². The molecule has 2 atom stereocenters. The van der Waals surface area contributed by atoms with Gasteiger partial charge in [-0.3, -0.25) is 14.5 Å². The number of piperazine rings is 1. The molecule has 18 heteroatoms. The van der Waals surface area contributed by atoms with Crippen molar-refractivity contribution in [3.05, 3.63) is 29.2 Å². The third-order valence-corrected chi connectivity index (χ3v) is 8.40. The van der Waals surface area contributed by atoms with E-state index < -0.39 is 47.8 Å². The molecule has 0 radical (unpaired) electrons. The average molecular weight is 585 g/mol.